The molecule has 0 aromatic carbocycles. The molecule has 110 valence electrons. The fraction of sp³-hybridized carbons (Fsp3) is 0. The molecule has 1 N–H and O–H groups in total. The topological polar surface area (TPSA) is 82.7 Å². The van der Waals surface area contributed by atoms with E-state index in [9.17, 15) is 4.39 Å². The summed E-state index contributed by atoms with van der Waals surface area (Å²) in [4.78, 5) is 8.04. The molecule has 0 amide bonds. The monoisotopic (exact) mass is 304 g/mol. The van der Waals surface area contributed by atoms with Crippen molar-refractivity contribution in [1.82, 2.24) is 24.6 Å². The van der Waals surface area contributed by atoms with Gasteiger partial charge in [0.25, 0.3) is 0 Å². The van der Waals surface area contributed by atoms with E-state index in [0.717, 1.165) is 11.1 Å². The maximum Gasteiger partial charge on any atom is 0.213 e. The summed E-state index contributed by atoms with van der Waals surface area (Å²) in [6, 6.07) is 10.4. The lowest BCUT2D eigenvalue weighted by Gasteiger charge is -2.04. The third-order valence-corrected chi connectivity index (χ3v) is 3.54. The van der Waals surface area contributed by atoms with Crippen molar-refractivity contribution in [2.24, 2.45) is 0 Å². The van der Waals surface area contributed by atoms with Gasteiger partial charge in [0.15, 0.2) is 0 Å². The van der Waals surface area contributed by atoms with E-state index in [0.29, 0.717) is 22.7 Å². The zero-order valence-corrected chi connectivity index (χ0v) is 11.7. The van der Waals surface area contributed by atoms with Crippen LogP contribution in [0.1, 0.15) is 5.69 Å². The van der Waals surface area contributed by atoms with Gasteiger partial charge in [0.2, 0.25) is 5.95 Å². The average molecular weight is 304 g/mol. The molecular formula is C16H9FN6. The molecule has 0 fully saturated rings. The minimum Gasteiger partial charge on any atom is -0.291 e. The SMILES string of the molecule is N#Cc1cnc2ccc(-c3cn[nH]c3-c3cccc(F)n3)cn12. The van der Waals surface area contributed by atoms with E-state index in [-0.39, 0.29) is 0 Å². The van der Waals surface area contributed by atoms with E-state index in [1.165, 1.54) is 12.3 Å². The molecule has 4 aromatic heterocycles. The van der Waals surface area contributed by atoms with Crippen molar-refractivity contribution in [2.75, 3.05) is 0 Å². The lowest BCUT2D eigenvalue weighted by atomic mass is 10.1. The molecule has 4 heterocycles. The summed E-state index contributed by atoms with van der Waals surface area (Å²) in [5.41, 5.74) is 3.78. The van der Waals surface area contributed by atoms with Gasteiger partial charge >= 0.3 is 0 Å². The van der Waals surface area contributed by atoms with Crippen LogP contribution in [0.4, 0.5) is 4.39 Å². The number of aromatic nitrogens is 5. The molecule has 0 unspecified atom stereocenters. The van der Waals surface area contributed by atoms with Gasteiger partial charge in [-0.15, -0.1) is 0 Å². The Hall–Kier alpha value is -3.53. The number of H-pyrrole nitrogens is 1. The number of hydrogen-bond acceptors (Lipinski definition) is 4. The average Bonchev–Trinajstić information content (AvgIpc) is 3.21. The first-order valence-electron chi connectivity index (χ1n) is 6.80. The van der Waals surface area contributed by atoms with Crippen LogP contribution in [0, 0.1) is 17.3 Å². The Balaban J connectivity index is 1.89. The molecule has 0 saturated heterocycles. The Morgan fingerprint density at radius 1 is 1.17 bits per heavy atom. The summed E-state index contributed by atoms with van der Waals surface area (Å²) < 4.78 is 15.1. The first-order valence-corrected chi connectivity index (χ1v) is 6.80. The summed E-state index contributed by atoms with van der Waals surface area (Å²) in [7, 11) is 0. The molecule has 6 nitrogen and oxygen atoms in total. The van der Waals surface area contributed by atoms with Crippen LogP contribution < -0.4 is 0 Å². The minimum absolute atomic E-state index is 0.441. The van der Waals surface area contributed by atoms with Gasteiger partial charge in [-0.1, -0.05) is 6.07 Å². The smallest absolute Gasteiger partial charge is 0.213 e. The number of imidazole rings is 1. The zero-order valence-electron chi connectivity index (χ0n) is 11.7. The maximum absolute atomic E-state index is 13.4. The highest BCUT2D eigenvalue weighted by Crippen LogP contribution is 2.29. The fourth-order valence-corrected chi connectivity index (χ4v) is 2.47. The molecule has 4 aromatic rings. The number of aromatic amines is 1. The lowest BCUT2D eigenvalue weighted by molar-refractivity contribution is 0.585. The van der Waals surface area contributed by atoms with E-state index in [2.05, 4.69) is 26.2 Å². The molecule has 0 aliphatic carbocycles. The van der Waals surface area contributed by atoms with Gasteiger partial charge in [0.05, 0.1) is 23.8 Å². The first-order chi connectivity index (χ1) is 11.3. The van der Waals surface area contributed by atoms with Crippen LogP contribution in [0.3, 0.4) is 0 Å². The molecule has 23 heavy (non-hydrogen) atoms. The van der Waals surface area contributed by atoms with Gasteiger partial charge in [-0.2, -0.15) is 14.8 Å². The van der Waals surface area contributed by atoms with Crippen LogP contribution in [-0.4, -0.2) is 24.6 Å². The van der Waals surface area contributed by atoms with Gasteiger partial charge in [-0.3, -0.25) is 9.50 Å². The summed E-state index contributed by atoms with van der Waals surface area (Å²) in [5.74, 6) is -0.556. The second-order valence-corrected chi connectivity index (χ2v) is 4.91. The molecular weight excluding hydrogens is 295 g/mol. The van der Waals surface area contributed by atoms with E-state index in [4.69, 9.17) is 5.26 Å². The molecule has 4 rings (SSSR count). The zero-order chi connectivity index (χ0) is 15.8. The standard InChI is InChI=1S/C16H9FN6/c17-14-3-1-2-13(21-14)16-12(8-20-22-16)10-4-5-15-19-7-11(6-18)23(15)9-10/h1-5,7-9H,(H,20,22). The number of halogens is 1. The normalized spacial score (nSPS) is 10.8. The van der Waals surface area contributed by atoms with Crippen LogP contribution in [0.5, 0.6) is 0 Å². The first kappa shape index (κ1) is 13.2. The molecule has 7 heteroatoms. The number of nitriles is 1. The van der Waals surface area contributed by atoms with Crippen molar-refractivity contribution in [3.63, 3.8) is 0 Å². The Morgan fingerprint density at radius 3 is 2.91 bits per heavy atom. The lowest BCUT2D eigenvalue weighted by Crippen LogP contribution is -1.92. The number of nitrogens with zero attached hydrogens (tertiary/aromatic N) is 5. The largest absolute Gasteiger partial charge is 0.291 e. The van der Waals surface area contributed by atoms with Crippen LogP contribution in [0.2, 0.25) is 0 Å². The molecule has 0 bridgehead atoms. The summed E-state index contributed by atoms with van der Waals surface area (Å²) in [6.07, 6.45) is 4.96. The summed E-state index contributed by atoms with van der Waals surface area (Å²) >= 11 is 0. The quantitative estimate of drug-likeness (QED) is 0.577. The minimum atomic E-state index is -0.556. The van der Waals surface area contributed by atoms with Crippen molar-refractivity contribution in [3.8, 4) is 28.6 Å². The Bertz CT molecular complexity index is 1060. The maximum atomic E-state index is 13.4. The van der Waals surface area contributed by atoms with Crippen LogP contribution in [-0.2, 0) is 0 Å². The van der Waals surface area contributed by atoms with Crippen molar-refractivity contribution >= 4 is 5.65 Å². The Morgan fingerprint density at radius 2 is 2.09 bits per heavy atom. The van der Waals surface area contributed by atoms with Gasteiger partial charge in [0.1, 0.15) is 17.4 Å². The summed E-state index contributed by atoms with van der Waals surface area (Å²) in [5, 5.41) is 16.0. The van der Waals surface area contributed by atoms with Gasteiger partial charge in [-0.05, 0) is 24.3 Å². The highest BCUT2D eigenvalue weighted by atomic mass is 19.1. The van der Waals surface area contributed by atoms with E-state index in [1.54, 1.807) is 28.9 Å². The number of fused-ring (bicyclic) bond motifs is 1. The van der Waals surface area contributed by atoms with Crippen LogP contribution in [0.15, 0.2) is 48.9 Å². The van der Waals surface area contributed by atoms with Gasteiger partial charge < -0.3 is 0 Å². The fourth-order valence-electron chi connectivity index (χ4n) is 2.47. The number of nitrogens with one attached hydrogen (secondary N) is 1. The second-order valence-electron chi connectivity index (χ2n) is 4.91. The van der Waals surface area contributed by atoms with Crippen LogP contribution in [0.25, 0.3) is 28.2 Å². The molecule has 0 saturated carbocycles. The molecule has 0 radical (unpaired) electrons. The van der Waals surface area contributed by atoms with Crippen molar-refractivity contribution in [2.45, 2.75) is 0 Å². The Labute approximate surface area is 129 Å². The number of hydrogen-bond donors (Lipinski definition) is 1. The third kappa shape index (κ3) is 2.13. The highest BCUT2D eigenvalue weighted by Gasteiger charge is 2.13. The summed E-state index contributed by atoms with van der Waals surface area (Å²) in [6.45, 7) is 0. The molecule has 0 aliphatic rings. The highest BCUT2D eigenvalue weighted by molar-refractivity contribution is 5.78. The number of rotatable bonds is 2. The number of pyridine rings is 2. The van der Waals surface area contributed by atoms with Crippen molar-refractivity contribution in [1.29, 1.82) is 5.26 Å². The predicted molar refractivity (Wildman–Crippen MR) is 80.7 cm³/mol. The van der Waals surface area contributed by atoms with Crippen molar-refractivity contribution < 1.29 is 4.39 Å². The van der Waals surface area contributed by atoms with Crippen molar-refractivity contribution in [3.05, 3.63) is 60.6 Å². The van der Waals surface area contributed by atoms with E-state index >= 15 is 0 Å². The van der Waals surface area contributed by atoms with Gasteiger partial charge in [0, 0.05) is 17.3 Å². The Kier molecular flexibility index (Phi) is 2.88. The predicted octanol–water partition coefficient (Wildman–Crippen LogP) is 2.80. The van der Waals surface area contributed by atoms with E-state index in [1.807, 2.05) is 12.1 Å². The molecule has 0 aliphatic heterocycles. The second kappa shape index (κ2) is 5.03. The molecule has 0 spiro atoms. The third-order valence-electron chi connectivity index (χ3n) is 3.54. The van der Waals surface area contributed by atoms with Crippen LogP contribution >= 0.6 is 0 Å². The molecule has 0 atom stereocenters. The van der Waals surface area contributed by atoms with Gasteiger partial charge in [-0.25, -0.2) is 9.97 Å². The van der Waals surface area contributed by atoms with E-state index < -0.39 is 5.95 Å².